The summed E-state index contributed by atoms with van der Waals surface area (Å²) in [4.78, 5) is 0. The highest BCUT2D eigenvalue weighted by molar-refractivity contribution is 6.50. The molecular weight excluding hydrogens is 391 g/mol. The molecule has 0 N–H and O–H groups in total. The zero-order valence-corrected chi connectivity index (χ0v) is 19.4. The third kappa shape index (κ3) is 21.2. The number of halogens is 4. The van der Waals surface area contributed by atoms with Crippen LogP contribution < -0.4 is 0 Å². The lowest BCUT2D eigenvalue weighted by molar-refractivity contribution is -0.929. The fourth-order valence-electron chi connectivity index (χ4n) is 3.16. The SMILES string of the molecule is CCCC[N+](CCCC)(CCCC)CCCC.F[B-](F)(F)F.N#Cc1ccccc1. The number of unbranched alkanes of at least 4 members (excludes halogenated alkanes) is 4. The summed E-state index contributed by atoms with van der Waals surface area (Å²) in [5, 5.41) is 8.29. The van der Waals surface area contributed by atoms with Crippen LogP contribution in [0, 0.1) is 11.3 Å². The average molecular weight is 432 g/mol. The van der Waals surface area contributed by atoms with Gasteiger partial charge in [0.1, 0.15) is 0 Å². The summed E-state index contributed by atoms with van der Waals surface area (Å²) < 4.78 is 40.4. The van der Waals surface area contributed by atoms with Gasteiger partial charge in [-0.05, 0) is 37.8 Å². The summed E-state index contributed by atoms with van der Waals surface area (Å²) in [6.07, 6.45) is 11.1. The molecule has 0 radical (unpaired) electrons. The molecule has 0 aromatic heterocycles. The molecule has 0 unspecified atom stereocenters. The van der Waals surface area contributed by atoms with Crippen molar-refractivity contribution in [3.05, 3.63) is 35.9 Å². The second-order valence-corrected chi connectivity index (χ2v) is 7.62. The molecule has 0 amide bonds. The van der Waals surface area contributed by atoms with Crippen molar-refractivity contribution in [1.29, 1.82) is 5.26 Å². The van der Waals surface area contributed by atoms with Crippen LogP contribution >= 0.6 is 0 Å². The van der Waals surface area contributed by atoms with E-state index in [0.29, 0.717) is 5.56 Å². The third-order valence-corrected chi connectivity index (χ3v) is 4.85. The molecule has 1 rings (SSSR count). The Morgan fingerprint density at radius 2 is 1.00 bits per heavy atom. The van der Waals surface area contributed by atoms with E-state index in [9.17, 15) is 17.3 Å². The van der Waals surface area contributed by atoms with Crippen molar-refractivity contribution in [3.8, 4) is 6.07 Å². The van der Waals surface area contributed by atoms with Crippen LogP contribution in [0.1, 0.15) is 84.6 Å². The minimum absolute atomic E-state index is 0.715. The Labute approximate surface area is 182 Å². The van der Waals surface area contributed by atoms with Gasteiger partial charge >= 0.3 is 7.25 Å². The van der Waals surface area contributed by atoms with Crippen LogP contribution in [0.3, 0.4) is 0 Å². The number of hydrogen-bond donors (Lipinski definition) is 0. The van der Waals surface area contributed by atoms with Gasteiger partial charge in [-0.15, -0.1) is 0 Å². The van der Waals surface area contributed by atoms with Crippen molar-refractivity contribution in [2.75, 3.05) is 26.2 Å². The van der Waals surface area contributed by atoms with Gasteiger partial charge < -0.3 is 21.7 Å². The van der Waals surface area contributed by atoms with Crippen molar-refractivity contribution in [1.82, 2.24) is 0 Å². The molecule has 7 heteroatoms. The lowest BCUT2D eigenvalue weighted by atomic mass is 10.1. The van der Waals surface area contributed by atoms with Crippen LogP contribution in [0.2, 0.25) is 0 Å². The molecule has 0 aliphatic carbocycles. The van der Waals surface area contributed by atoms with Crippen molar-refractivity contribution in [2.24, 2.45) is 0 Å². The van der Waals surface area contributed by atoms with Crippen molar-refractivity contribution in [2.45, 2.75) is 79.1 Å². The molecule has 174 valence electrons. The lowest BCUT2D eigenvalue weighted by Crippen LogP contribution is -2.50. The van der Waals surface area contributed by atoms with Gasteiger partial charge in [0.25, 0.3) is 0 Å². The normalized spacial score (nSPS) is 10.9. The predicted octanol–water partition coefficient (Wildman–Crippen LogP) is 7.86. The fourth-order valence-corrected chi connectivity index (χ4v) is 3.16. The summed E-state index contributed by atoms with van der Waals surface area (Å²) in [6, 6.07) is 11.2. The highest BCUT2D eigenvalue weighted by Gasteiger charge is 2.24. The Balaban J connectivity index is 0. The fraction of sp³-hybridized carbons (Fsp3) is 0.696. The highest BCUT2D eigenvalue weighted by atomic mass is 19.5. The van der Waals surface area contributed by atoms with Gasteiger partial charge in [-0.2, -0.15) is 5.26 Å². The minimum Gasteiger partial charge on any atom is -0.418 e. The number of nitrogens with zero attached hydrogens (tertiary/aromatic N) is 2. The van der Waals surface area contributed by atoms with Crippen LogP contribution in [0.25, 0.3) is 0 Å². The standard InChI is InChI=1S/C16H36N.C7H5N.BF4/c1-5-9-13-17(14-10-6-2,15-11-7-3)16-12-8-4;8-6-7-4-2-1-3-5-7;2-1(3,4)5/h5-16H2,1-4H3;1-5H;/q+1;;-1. The monoisotopic (exact) mass is 432 g/mol. The van der Waals surface area contributed by atoms with Gasteiger partial charge in [-0.3, -0.25) is 0 Å². The van der Waals surface area contributed by atoms with Crippen LogP contribution in [0.4, 0.5) is 17.3 Å². The van der Waals surface area contributed by atoms with Crippen molar-refractivity contribution in [3.63, 3.8) is 0 Å². The van der Waals surface area contributed by atoms with Gasteiger partial charge in [-0.1, -0.05) is 71.6 Å². The van der Waals surface area contributed by atoms with Crippen molar-refractivity contribution < 1.29 is 21.7 Å². The van der Waals surface area contributed by atoms with E-state index in [1.54, 1.807) is 12.1 Å². The summed E-state index contributed by atoms with van der Waals surface area (Å²) in [5.41, 5.74) is 0.715. The summed E-state index contributed by atoms with van der Waals surface area (Å²) in [7, 11) is -6.00. The van der Waals surface area contributed by atoms with Gasteiger partial charge in [-0.25, -0.2) is 0 Å². The van der Waals surface area contributed by atoms with Gasteiger partial charge in [0.05, 0.1) is 37.8 Å². The van der Waals surface area contributed by atoms with E-state index in [1.807, 2.05) is 24.3 Å². The predicted molar refractivity (Wildman–Crippen MR) is 121 cm³/mol. The van der Waals surface area contributed by atoms with Crippen molar-refractivity contribution >= 4 is 7.25 Å². The molecular formula is C23H41BF4N2. The molecule has 0 heterocycles. The highest BCUT2D eigenvalue weighted by Crippen LogP contribution is 2.16. The molecule has 0 atom stereocenters. The second-order valence-electron chi connectivity index (χ2n) is 7.62. The first-order valence-corrected chi connectivity index (χ1v) is 11.4. The summed E-state index contributed by atoms with van der Waals surface area (Å²) in [6.45, 7) is 15.0. The number of nitriles is 1. The maximum Gasteiger partial charge on any atom is 0.673 e. The molecule has 0 aliphatic rings. The zero-order valence-electron chi connectivity index (χ0n) is 19.4. The molecule has 1 aromatic rings. The Kier molecular flexibility index (Phi) is 19.8. The van der Waals surface area contributed by atoms with E-state index in [2.05, 4.69) is 27.7 Å². The first-order valence-electron chi connectivity index (χ1n) is 11.4. The Hall–Kier alpha value is -1.55. The van der Waals surface area contributed by atoms with Gasteiger partial charge in [0.2, 0.25) is 0 Å². The minimum atomic E-state index is -6.00. The third-order valence-electron chi connectivity index (χ3n) is 4.85. The Bertz CT molecular complexity index is 487. The smallest absolute Gasteiger partial charge is 0.418 e. The molecule has 1 aromatic carbocycles. The van der Waals surface area contributed by atoms with E-state index in [0.717, 1.165) is 0 Å². The van der Waals surface area contributed by atoms with Gasteiger partial charge in [0.15, 0.2) is 0 Å². The topological polar surface area (TPSA) is 23.8 Å². The second kappa shape index (κ2) is 19.4. The summed E-state index contributed by atoms with van der Waals surface area (Å²) in [5.74, 6) is 0. The molecule has 2 nitrogen and oxygen atoms in total. The number of rotatable bonds is 12. The Morgan fingerprint density at radius 1 is 0.700 bits per heavy atom. The molecule has 0 spiro atoms. The van der Waals surface area contributed by atoms with Crippen LogP contribution in [0.5, 0.6) is 0 Å². The lowest BCUT2D eigenvalue weighted by Gasteiger charge is -2.39. The van der Waals surface area contributed by atoms with Gasteiger partial charge in [0, 0.05) is 0 Å². The molecule has 0 saturated heterocycles. The van der Waals surface area contributed by atoms with E-state index in [4.69, 9.17) is 5.26 Å². The maximum absolute atomic E-state index is 9.75. The van der Waals surface area contributed by atoms with Crippen LogP contribution in [-0.2, 0) is 0 Å². The molecule has 0 fully saturated rings. The number of benzene rings is 1. The summed E-state index contributed by atoms with van der Waals surface area (Å²) >= 11 is 0. The molecule has 0 aliphatic heterocycles. The quantitative estimate of drug-likeness (QED) is 0.187. The number of hydrogen-bond acceptors (Lipinski definition) is 1. The molecule has 0 saturated carbocycles. The molecule has 30 heavy (non-hydrogen) atoms. The first kappa shape index (κ1) is 30.6. The van der Waals surface area contributed by atoms with E-state index < -0.39 is 7.25 Å². The van der Waals surface area contributed by atoms with E-state index in [1.165, 1.54) is 82.0 Å². The maximum atomic E-state index is 9.75. The number of quaternary nitrogens is 1. The zero-order chi connectivity index (χ0) is 23.3. The van der Waals surface area contributed by atoms with E-state index in [-0.39, 0.29) is 0 Å². The largest absolute Gasteiger partial charge is 0.673 e. The molecule has 0 bridgehead atoms. The van der Waals surface area contributed by atoms with Crippen LogP contribution in [0.15, 0.2) is 30.3 Å². The average Bonchev–Trinajstić information content (AvgIpc) is 2.72. The first-order chi connectivity index (χ1) is 14.2. The van der Waals surface area contributed by atoms with E-state index >= 15 is 0 Å². The van der Waals surface area contributed by atoms with Crippen LogP contribution in [-0.4, -0.2) is 37.9 Å². The Morgan fingerprint density at radius 3 is 1.20 bits per heavy atom.